The summed E-state index contributed by atoms with van der Waals surface area (Å²) in [6, 6.07) is -0.0586. The highest BCUT2D eigenvalue weighted by Gasteiger charge is 2.11. The van der Waals surface area contributed by atoms with Crippen LogP contribution in [0.25, 0.3) is 0 Å². The van der Waals surface area contributed by atoms with E-state index in [1.807, 2.05) is 0 Å². The zero-order valence-corrected chi connectivity index (χ0v) is 47.1. The minimum atomic E-state index is -0.0586. The van der Waals surface area contributed by atoms with Gasteiger partial charge in [0.15, 0.2) is 0 Å². The van der Waals surface area contributed by atoms with Gasteiger partial charge in [-0.2, -0.15) is 0 Å². The average Bonchev–Trinajstić information content (AvgIpc) is 3.34. The van der Waals surface area contributed by atoms with Gasteiger partial charge in [0, 0.05) is 19.3 Å². The van der Waals surface area contributed by atoms with E-state index in [2.05, 4.69) is 19.2 Å². The normalized spacial score (nSPS) is 12.0. The summed E-state index contributed by atoms with van der Waals surface area (Å²) < 4.78 is 0. The fourth-order valence-corrected chi connectivity index (χ4v) is 10.6. The van der Waals surface area contributed by atoms with E-state index in [0.29, 0.717) is 12.2 Å². The van der Waals surface area contributed by atoms with Crippen LogP contribution in [0.5, 0.6) is 0 Å². The number of ketones is 1. The van der Waals surface area contributed by atoms with E-state index in [0.717, 1.165) is 51.4 Å². The van der Waals surface area contributed by atoms with Crippen LogP contribution in [0.4, 0.5) is 0 Å². The molecule has 1 atom stereocenters. The predicted octanol–water partition coefficient (Wildman–Crippen LogP) is 21.7. The maximum Gasteiger partial charge on any atom is 0.220 e. The van der Waals surface area contributed by atoms with Crippen molar-refractivity contribution in [2.75, 3.05) is 6.61 Å². The van der Waals surface area contributed by atoms with E-state index in [-0.39, 0.29) is 18.6 Å². The predicted molar refractivity (Wildman–Crippen MR) is 303 cm³/mol. The van der Waals surface area contributed by atoms with Crippen molar-refractivity contribution in [3.63, 3.8) is 0 Å². The molecule has 4 nitrogen and oxygen atoms in total. The van der Waals surface area contributed by atoms with Gasteiger partial charge < -0.3 is 10.4 Å². The molecule has 0 aliphatic rings. The number of rotatable bonds is 61. The van der Waals surface area contributed by atoms with Gasteiger partial charge in [-0.25, -0.2) is 0 Å². The highest BCUT2D eigenvalue weighted by molar-refractivity contribution is 5.78. The fourth-order valence-electron chi connectivity index (χ4n) is 10.6. The summed E-state index contributed by atoms with van der Waals surface area (Å²) in [7, 11) is 0. The maximum absolute atomic E-state index is 12.4. The Bertz CT molecular complexity index is 952. The molecular weight excluding hydrogens is 831 g/mol. The molecule has 406 valence electrons. The molecule has 0 radical (unpaired) electrons. The van der Waals surface area contributed by atoms with Crippen molar-refractivity contribution in [3.05, 3.63) is 0 Å². The molecule has 1 amide bonds. The minimum Gasteiger partial charge on any atom is -0.394 e. The second-order valence-corrected chi connectivity index (χ2v) is 22.4. The van der Waals surface area contributed by atoms with Crippen LogP contribution in [0.15, 0.2) is 0 Å². The Morgan fingerprint density at radius 2 is 0.471 bits per heavy atom. The molecule has 0 aliphatic heterocycles. The number of hydrogen-bond acceptors (Lipinski definition) is 3. The molecule has 0 aromatic heterocycles. The lowest BCUT2D eigenvalue weighted by Gasteiger charge is -2.16. The quantitative estimate of drug-likeness (QED) is 0.0597. The van der Waals surface area contributed by atoms with Crippen molar-refractivity contribution >= 4 is 11.7 Å². The van der Waals surface area contributed by atoms with E-state index >= 15 is 0 Å². The molecule has 0 bridgehead atoms. The highest BCUT2D eigenvalue weighted by Crippen LogP contribution is 2.19. The molecule has 0 fully saturated rings. The third-order valence-corrected chi connectivity index (χ3v) is 15.4. The summed E-state index contributed by atoms with van der Waals surface area (Å²) >= 11 is 0. The van der Waals surface area contributed by atoms with E-state index in [1.165, 1.54) is 315 Å². The summed E-state index contributed by atoms with van der Waals surface area (Å²) in [6.45, 7) is 4.65. The van der Waals surface area contributed by atoms with Crippen molar-refractivity contribution in [1.82, 2.24) is 5.32 Å². The van der Waals surface area contributed by atoms with E-state index in [9.17, 15) is 14.7 Å². The van der Waals surface area contributed by atoms with Gasteiger partial charge in [0.25, 0.3) is 0 Å². The number of carbonyl (C=O) groups excluding carboxylic acids is 2. The Morgan fingerprint density at radius 3 is 0.691 bits per heavy atom. The summed E-state index contributed by atoms with van der Waals surface area (Å²) in [5.74, 6) is 0.658. The Hall–Kier alpha value is -0.900. The lowest BCUT2D eigenvalue weighted by atomic mass is 10.0. The van der Waals surface area contributed by atoms with Crippen molar-refractivity contribution in [2.45, 2.75) is 392 Å². The summed E-state index contributed by atoms with van der Waals surface area (Å²) in [4.78, 5) is 24.7. The van der Waals surface area contributed by atoms with Crippen LogP contribution in [0.2, 0.25) is 0 Å². The van der Waals surface area contributed by atoms with Crippen LogP contribution in [0.1, 0.15) is 386 Å². The number of carbonyl (C=O) groups is 2. The first-order valence-electron chi connectivity index (χ1n) is 32.1. The topological polar surface area (TPSA) is 66.4 Å². The van der Waals surface area contributed by atoms with Gasteiger partial charge in [-0.1, -0.05) is 341 Å². The molecule has 1 unspecified atom stereocenters. The summed E-state index contributed by atoms with van der Waals surface area (Å²) in [6.07, 6.45) is 76.8. The van der Waals surface area contributed by atoms with Crippen molar-refractivity contribution < 1.29 is 14.7 Å². The smallest absolute Gasteiger partial charge is 0.220 e. The van der Waals surface area contributed by atoms with Crippen LogP contribution >= 0.6 is 0 Å². The van der Waals surface area contributed by atoms with E-state index in [1.54, 1.807) is 0 Å². The third kappa shape index (κ3) is 57.7. The molecule has 0 aromatic carbocycles. The van der Waals surface area contributed by atoms with Crippen molar-refractivity contribution in [3.8, 4) is 0 Å². The monoisotopic (exact) mass is 958 g/mol. The first-order valence-corrected chi connectivity index (χ1v) is 32.1. The number of unbranched alkanes of at least 4 members (excludes halogenated alkanes) is 51. The van der Waals surface area contributed by atoms with Crippen LogP contribution < -0.4 is 5.32 Å². The SMILES string of the molecule is CCCCCCCCCCCCCCCCC(CO)NC(=O)CCCCCCCCCCCCCCCCCCCCCCCCCCCCCC(=O)CCCCCCCCCCCCCCC. The molecule has 0 spiro atoms. The van der Waals surface area contributed by atoms with Crippen LogP contribution in [0, 0.1) is 0 Å². The van der Waals surface area contributed by atoms with Gasteiger partial charge in [-0.05, 0) is 25.7 Å². The average molecular weight is 959 g/mol. The third-order valence-electron chi connectivity index (χ3n) is 15.4. The zero-order valence-electron chi connectivity index (χ0n) is 47.1. The lowest BCUT2D eigenvalue weighted by molar-refractivity contribution is -0.122. The lowest BCUT2D eigenvalue weighted by Crippen LogP contribution is -2.37. The fraction of sp³-hybridized carbons (Fsp3) is 0.969. The molecule has 0 aromatic rings. The second kappa shape index (κ2) is 60.4. The van der Waals surface area contributed by atoms with Gasteiger partial charge in [0.1, 0.15) is 5.78 Å². The van der Waals surface area contributed by atoms with Crippen LogP contribution in [-0.4, -0.2) is 29.4 Å². The van der Waals surface area contributed by atoms with Gasteiger partial charge in [-0.3, -0.25) is 9.59 Å². The highest BCUT2D eigenvalue weighted by atomic mass is 16.3. The Morgan fingerprint density at radius 1 is 0.279 bits per heavy atom. The molecule has 0 heterocycles. The summed E-state index contributed by atoms with van der Waals surface area (Å²) in [5, 5.41) is 12.9. The van der Waals surface area contributed by atoms with Crippen molar-refractivity contribution in [1.29, 1.82) is 0 Å². The van der Waals surface area contributed by atoms with Gasteiger partial charge >= 0.3 is 0 Å². The number of amides is 1. The van der Waals surface area contributed by atoms with E-state index in [4.69, 9.17) is 0 Å². The molecule has 0 aliphatic carbocycles. The summed E-state index contributed by atoms with van der Waals surface area (Å²) in [5.41, 5.74) is 0. The first kappa shape index (κ1) is 67.1. The maximum atomic E-state index is 12.4. The van der Waals surface area contributed by atoms with Gasteiger partial charge in [0.2, 0.25) is 5.91 Å². The molecule has 68 heavy (non-hydrogen) atoms. The first-order chi connectivity index (χ1) is 33.6. The number of Topliss-reactive ketones (excluding diaryl/α,β-unsaturated/α-hetero) is 1. The molecular formula is C64H127NO3. The number of aliphatic hydroxyl groups is 1. The number of aliphatic hydroxyl groups excluding tert-OH is 1. The Kier molecular flexibility index (Phi) is 59.6. The molecule has 0 saturated heterocycles. The van der Waals surface area contributed by atoms with Gasteiger partial charge in [-0.15, -0.1) is 0 Å². The zero-order chi connectivity index (χ0) is 49.2. The van der Waals surface area contributed by atoms with Crippen LogP contribution in [0.3, 0.4) is 0 Å². The number of hydrogen-bond donors (Lipinski definition) is 2. The van der Waals surface area contributed by atoms with Crippen molar-refractivity contribution in [2.24, 2.45) is 0 Å². The Labute approximate surface area is 428 Å². The largest absolute Gasteiger partial charge is 0.394 e. The van der Waals surface area contributed by atoms with Gasteiger partial charge in [0.05, 0.1) is 12.6 Å². The van der Waals surface area contributed by atoms with Crippen LogP contribution in [-0.2, 0) is 9.59 Å². The second-order valence-electron chi connectivity index (χ2n) is 22.4. The standard InChI is InChI=1S/C64H127NO3/c1-3-5-7-9-11-13-15-17-34-37-41-45-49-53-57-62(61-66)65-64(68)60-56-52-48-44-40-36-32-30-28-26-24-22-20-18-19-21-23-25-27-29-31-35-39-43-47-51-55-59-63(67)58-54-50-46-42-38-33-16-14-12-10-8-6-4-2/h62,66H,3-61H2,1-2H3,(H,65,68). The number of nitrogens with one attached hydrogen (secondary N) is 1. The molecule has 2 N–H and O–H groups in total. The Balaban J connectivity index is 3.27. The molecule has 0 saturated carbocycles. The minimum absolute atomic E-state index is 0.0586. The molecule has 4 heteroatoms. The van der Waals surface area contributed by atoms with E-state index < -0.39 is 0 Å². The molecule has 0 rings (SSSR count).